The average molecular weight is 357 g/mol. The minimum Gasteiger partial charge on any atom is 0 e. The van der Waals surface area contributed by atoms with Crippen molar-refractivity contribution in [1.29, 1.82) is 0 Å². The summed E-state index contributed by atoms with van der Waals surface area (Å²) in [5.41, 5.74) is 0. The summed E-state index contributed by atoms with van der Waals surface area (Å²) >= 11 is 0. The summed E-state index contributed by atoms with van der Waals surface area (Å²) in [4.78, 5) is 0. The van der Waals surface area contributed by atoms with Crippen molar-refractivity contribution in [2.24, 2.45) is 0 Å². The largest absolute Gasteiger partial charge is 0 e. The Morgan fingerprint density at radius 3 is 0.500 bits per heavy atom. The Balaban J connectivity index is 0. The second kappa shape index (κ2) is 17.3. The van der Waals surface area contributed by atoms with Gasteiger partial charge in [0.15, 0.2) is 0 Å². The molecule has 0 aromatic carbocycles. The Labute approximate surface area is 81.7 Å². The maximum absolute atomic E-state index is 0. The van der Waals surface area contributed by atoms with E-state index in [0.29, 0.717) is 0 Å². The number of hydrogen-bond donors (Lipinski definition) is 0. The third-order valence-corrected chi connectivity index (χ3v) is 0. The molecule has 0 N–H and O–H groups in total. The summed E-state index contributed by atoms with van der Waals surface area (Å²) < 4.78 is 0. The zero-order valence-corrected chi connectivity index (χ0v) is 10.6. The SMILES string of the molecule is [Tl].[V].[V].[V]. The Bertz CT molecular complexity index is 3.25. The molecular weight excluding hydrogens is 357 g/mol. The monoisotopic (exact) mass is 358 g/mol. The molecule has 0 aliphatic carbocycles. The first kappa shape index (κ1) is 30.0. The van der Waals surface area contributed by atoms with E-state index in [1.807, 2.05) is 0 Å². The van der Waals surface area contributed by atoms with Crippen LogP contribution in [0.3, 0.4) is 0 Å². The molecule has 0 rings (SSSR count). The fourth-order valence-corrected chi connectivity index (χ4v) is 0. The van der Waals surface area contributed by atoms with Gasteiger partial charge < -0.3 is 0 Å². The summed E-state index contributed by atoms with van der Waals surface area (Å²) in [5.74, 6) is 0. The molecule has 0 unspecified atom stereocenters. The molecule has 0 amide bonds. The van der Waals surface area contributed by atoms with Gasteiger partial charge in [0.1, 0.15) is 0 Å². The van der Waals surface area contributed by atoms with E-state index in [0.717, 1.165) is 0 Å². The van der Waals surface area contributed by atoms with Crippen molar-refractivity contribution < 1.29 is 55.7 Å². The van der Waals surface area contributed by atoms with Gasteiger partial charge in [0.25, 0.3) is 0 Å². The first-order valence-electron chi connectivity index (χ1n) is 0. The average Bonchev–Trinajstić information content (AvgIpc) is 0. The summed E-state index contributed by atoms with van der Waals surface area (Å²) in [5, 5.41) is 0. The van der Waals surface area contributed by atoms with Crippen molar-refractivity contribution in [3.05, 3.63) is 0 Å². The van der Waals surface area contributed by atoms with Crippen LogP contribution in [-0.4, -0.2) is 27.3 Å². The van der Waals surface area contributed by atoms with Crippen molar-refractivity contribution >= 4 is 27.3 Å². The summed E-state index contributed by atoms with van der Waals surface area (Å²) in [7, 11) is 0. The minimum absolute atomic E-state index is 0. The molecule has 0 saturated heterocycles. The van der Waals surface area contributed by atoms with Gasteiger partial charge in [-0.2, -0.15) is 0 Å². The van der Waals surface area contributed by atoms with E-state index >= 15 is 0 Å². The molecule has 0 nitrogen and oxygen atoms in total. The molecule has 0 bridgehead atoms. The van der Waals surface area contributed by atoms with Crippen LogP contribution in [0.5, 0.6) is 0 Å². The van der Waals surface area contributed by atoms with Gasteiger partial charge in [-0.1, -0.05) is 0 Å². The van der Waals surface area contributed by atoms with Crippen LogP contribution >= 0.6 is 0 Å². The van der Waals surface area contributed by atoms with Crippen molar-refractivity contribution in [2.75, 3.05) is 0 Å². The first-order chi connectivity index (χ1) is 0. The van der Waals surface area contributed by atoms with Crippen molar-refractivity contribution in [1.82, 2.24) is 0 Å². The zero-order chi connectivity index (χ0) is 0. The third-order valence-electron chi connectivity index (χ3n) is 0. The minimum atomic E-state index is 0. The second-order valence-electron chi connectivity index (χ2n) is 0. The fourth-order valence-electron chi connectivity index (χ4n) is 0. The standard InChI is InChI=1S/Tl.3V. The van der Waals surface area contributed by atoms with Crippen LogP contribution in [-0.2, 0) is 55.7 Å². The zero-order valence-electron chi connectivity index (χ0n) is 1.92. The maximum atomic E-state index is 0. The smallest absolute Gasteiger partial charge is 0 e. The van der Waals surface area contributed by atoms with Crippen LogP contribution in [0.2, 0.25) is 0 Å². The molecule has 0 aliphatic heterocycles. The molecule has 18 valence electrons. The van der Waals surface area contributed by atoms with Gasteiger partial charge in [0, 0.05) is 83.0 Å². The molecule has 0 aromatic rings. The Hall–Kier alpha value is 2.68. The van der Waals surface area contributed by atoms with Gasteiger partial charge in [0.05, 0.1) is 0 Å². The van der Waals surface area contributed by atoms with Gasteiger partial charge in [0.2, 0.25) is 0 Å². The Kier molecular flexibility index (Phi) is 130. The van der Waals surface area contributed by atoms with Crippen LogP contribution in [0, 0.1) is 0 Å². The molecule has 4 heavy (non-hydrogen) atoms. The van der Waals surface area contributed by atoms with Gasteiger partial charge in [-0.3, -0.25) is 0 Å². The Morgan fingerprint density at radius 1 is 0.500 bits per heavy atom. The molecule has 4 radical (unpaired) electrons. The molecule has 0 heterocycles. The van der Waals surface area contributed by atoms with Crippen molar-refractivity contribution in [3.63, 3.8) is 0 Å². The molecule has 0 aromatic heterocycles. The van der Waals surface area contributed by atoms with Crippen LogP contribution in [0.1, 0.15) is 0 Å². The van der Waals surface area contributed by atoms with Gasteiger partial charge >= 0.3 is 0 Å². The van der Waals surface area contributed by atoms with Crippen LogP contribution in [0.4, 0.5) is 0 Å². The van der Waals surface area contributed by atoms with Gasteiger partial charge in [-0.15, -0.1) is 0 Å². The van der Waals surface area contributed by atoms with E-state index in [4.69, 9.17) is 0 Å². The molecule has 0 atom stereocenters. The van der Waals surface area contributed by atoms with E-state index in [1.54, 1.807) is 0 Å². The van der Waals surface area contributed by atoms with Crippen molar-refractivity contribution in [2.45, 2.75) is 0 Å². The summed E-state index contributed by atoms with van der Waals surface area (Å²) in [6, 6.07) is 0. The number of rotatable bonds is 0. The van der Waals surface area contributed by atoms with Gasteiger partial charge in [-0.05, 0) is 0 Å². The Morgan fingerprint density at radius 2 is 0.500 bits per heavy atom. The fraction of sp³-hybridized carbons (Fsp3) is 0. The molecule has 0 aliphatic rings. The van der Waals surface area contributed by atoms with E-state index < -0.39 is 0 Å². The number of hydrogen-bond acceptors (Lipinski definition) is 0. The van der Waals surface area contributed by atoms with Crippen LogP contribution < -0.4 is 0 Å². The molecule has 0 fully saturated rings. The van der Waals surface area contributed by atoms with Crippen molar-refractivity contribution in [3.8, 4) is 0 Å². The van der Waals surface area contributed by atoms with Gasteiger partial charge in [-0.25, -0.2) is 0 Å². The predicted molar refractivity (Wildman–Crippen MR) is 5.75 cm³/mol. The quantitative estimate of drug-likeness (QED) is 0.519. The van der Waals surface area contributed by atoms with E-state index in [1.165, 1.54) is 0 Å². The van der Waals surface area contributed by atoms with E-state index in [2.05, 4.69) is 0 Å². The molecule has 0 spiro atoms. The topological polar surface area (TPSA) is 0 Å². The van der Waals surface area contributed by atoms with E-state index in [-0.39, 0.29) is 83.0 Å². The predicted octanol–water partition coefficient (Wildman–Crippen LogP) is -0.388. The molecule has 4 heteroatoms. The van der Waals surface area contributed by atoms with Crippen LogP contribution in [0.25, 0.3) is 0 Å². The third kappa shape index (κ3) is 8.82. The molecule has 0 saturated carbocycles. The van der Waals surface area contributed by atoms with E-state index in [9.17, 15) is 0 Å². The molecular formula is TlV3. The second-order valence-corrected chi connectivity index (χ2v) is 0. The maximum Gasteiger partial charge on any atom is 0 e. The van der Waals surface area contributed by atoms with Crippen LogP contribution in [0.15, 0.2) is 0 Å². The first-order valence-corrected chi connectivity index (χ1v) is 0. The normalized spacial score (nSPS) is 0. The summed E-state index contributed by atoms with van der Waals surface area (Å²) in [6.07, 6.45) is 0. The summed E-state index contributed by atoms with van der Waals surface area (Å²) in [6.45, 7) is 0.